The molecule has 0 aromatic heterocycles. The smallest absolute Gasteiger partial charge is 0.277 e. The van der Waals surface area contributed by atoms with Crippen molar-refractivity contribution in [3.05, 3.63) is 89.0 Å². The number of benzene rings is 3. The Labute approximate surface area is 182 Å². The number of hydrogen-bond donors (Lipinski definition) is 1. The summed E-state index contributed by atoms with van der Waals surface area (Å²) in [5, 5.41) is 3.99. The summed E-state index contributed by atoms with van der Waals surface area (Å²) in [7, 11) is 1.58. The monoisotopic (exact) mass is 418 g/mol. The quantitative estimate of drug-likeness (QED) is 0.413. The summed E-state index contributed by atoms with van der Waals surface area (Å²) in [6.45, 7) is 4.24. The number of carbonyl (C=O) groups is 1. The zero-order chi connectivity index (χ0) is 22.1. The summed E-state index contributed by atoms with van der Waals surface area (Å²) in [6.07, 6.45) is 1.54. The molecule has 0 fully saturated rings. The molecule has 0 saturated heterocycles. The van der Waals surface area contributed by atoms with Crippen molar-refractivity contribution in [1.82, 2.24) is 5.43 Å². The Balaban J connectivity index is 1.52. The number of hydrogen-bond acceptors (Lipinski definition) is 5. The average Bonchev–Trinajstić information content (AvgIpc) is 2.79. The van der Waals surface area contributed by atoms with E-state index in [2.05, 4.69) is 10.5 Å². The van der Waals surface area contributed by atoms with Crippen LogP contribution in [0.1, 0.15) is 22.3 Å². The first-order valence-electron chi connectivity index (χ1n) is 9.92. The molecule has 0 aliphatic carbocycles. The Hall–Kier alpha value is -3.80. The van der Waals surface area contributed by atoms with Gasteiger partial charge in [-0.15, -0.1) is 0 Å². The normalized spacial score (nSPS) is 10.7. The molecule has 3 aromatic carbocycles. The van der Waals surface area contributed by atoms with Gasteiger partial charge in [-0.2, -0.15) is 5.10 Å². The number of nitrogens with one attached hydrogen (secondary N) is 1. The molecule has 3 aromatic rings. The van der Waals surface area contributed by atoms with Crippen LogP contribution in [0.25, 0.3) is 0 Å². The van der Waals surface area contributed by atoms with Crippen LogP contribution in [0, 0.1) is 13.8 Å². The summed E-state index contributed by atoms with van der Waals surface area (Å²) in [5.41, 5.74) is 6.35. The standard InChI is InChI=1S/C25H26N2O4/c1-18-9-10-19(2)23(13-18)31-17-25(28)27-26-15-21-11-12-22(24(14-21)29-3)30-16-20-7-5-4-6-8-20/h4-15H,16-17H2,1-3H3,(H,27,28). The second kappa shape index (κ2) is 10.8. The second-order valence-corrected chi connectivity index (χ2v) is 7.04. The highest BCUT2D eigenvalue weighted by molar-refractivity contribution is 5.83. The number of amides is 1. The van der Waals surface area contributed by atoms with Gasteiger partial charge in [0.2, 0.25) is 0 Å². The van der Waals surface area contributed by atoms with Crippen LogP contribution in [0.3, 0.4) is 0 Å². The lowest BCUT2D eigenvalue weighted by atomic mass is 10.1. The summed E-state index contributed by atoms with van der Waals surface area (Å²) in [5.74, 6) is 1.57. The molecule has 6 heteroatoms. The van der Waals surface area contributed by atoms with Gasteiger partial charge in [0.1, 0.15) is 12.4 Å². The van der Waals surface area contributed by atoms with Crippen molar-refractivity contribution in [3.63, 3.8) is 0 Å². The molecule has 0 aliphatic heterocycles. The largest absolute Gasteiger partial charge is 0.493 e. The van der Waals surface area contributed by atoms with Crippen LogP contribution in [0.2, 0.25) is 0 Å². The Morgan fingerprint density at radius 2 is 1.74 bits per heavy atom. The minimum atomic E-state index is -0.341. The maximum Gasteiger partial charge on any atom is 0.277 e. The van der Waals surface area contributed by atoms with Crippen LogP contribution in [-0.2, 0) is 11.4 Å². The maximum atomic E-state index is 12.0. The Morgan fingerprint density at radius 1 is 0.935 bits per heavy atom. The van der Waals surface area contributed by atoms with Gasteiger partial charge in [0, 0.05) is 0 Å². The van der Waals surface area contributed by atoms with Crippen molar-refractivity contribution in [3.8, 4) is 17.2 Å². The minimum Gasteiger partial charge on any atom is -0.493 e. The van der Waals surface area contributed by atoms with E-state index in [4.69, 9.17) is 14.2 Å². The molecule has 0 heterocycles. The predicted molar refractivity (Wildman–Crippen MR) is 121 cm³/mol. The van der Waals surface area contributed by atoms with Gasteiger partial charge in [0.05, 0.1) is 13.3 Å². The summed E-state index contributed by atoms with van der Waals surface area (Å²) < 4.78 is 16.8. The Morgan fingerprint density at radius 3 is 2.52 bits per heavy atom. The van der Waals surface area contributed by atoms with Crippen LogP contribution >= 0.6 is 0 Å². The molecule has 3 rings (SSSR count). The van der Waals surface area contributed by atoms with Crippen molar-refractivity contribution in [1.29, 1.82) is 0 Å². The minimum absolute atomic E-state index is 0.114. The van der Waals surface area contributed by atoms with Gasteiger partial charge in [0.15, 0.2) is 18.1 Å². The van der Waals surface area contributed by atoms with Crippen molar-refractivity contribution in [2.45, 2.75) is 20.5 Å². The number of aryl methyl sites for hydroxylation is 2. The molecule has 0 unspecified atom stereocenters. The Bertz CT molecular complexity index is 1050. The molecule has 0 radical (unpaired) electrons. The highest BCUT2D eigenvalue weighted by atomic mass is 16.5. The molecular formula is C25H26N2O4. The van der Waals surface area contributed by atoms with Gasteiger partial charge in [-0.25, -0.2) is 5.43 Å². The van der Waals surface area contributed by atoms with Crippen LogP contribution in [0.15, 0.2) is 71.8 Å². The van der Waals surface area contributed by atoms with Gasteiger partial charge in [-0.05, 0) is 60.4 Å². The molecular weight excluding hydrogens is 392 g/mol. The van der Waals surface area contributed by atoms with E-state index in [1.54, 1.807) is 19.4 Å². The number of methoxy groups -OCH3 is 1. The first kappa shape index (κ1) is 21.9. The van der Waals surface area contributed by atoms with E-state index in [0.29, 0.717) is 23.9 Å². The maximum absolute atomic E-state index is 12.0. The van der Waals surface area contributed by atoms with Gasteiger partial charge in [-0.1, -0.05) is 42.5 Å². The first-order valence-corrected chi connectivity index (χ1v) is 9.92. The zero-order valence-electron chi connectivity index (χ0n) is 17.9. The highest BCUT2D eigenvalue weighted by Crippen LogP contribution is 2.28. The molecule has 6 nitrogen and oxygen atoms in total. The molecule has 0 atom stereocenters. The summed E-state index contributed by atoms with van der Waals surface area (Å²) >= 11 is 0. The van der Waals surface area contributed by atoms with Crippen molar-refractivity contribution in [2.75, 3.05) is 13.7 Å². The third kappa shape index (κ3) is 6.60. The molecule has 0 spiro atoms. The highest BCUT2D eigenvalue weighted by Gasteiger charge is 2.07. The van der Waals surface area contributed by atoms with Crippen molar-refractivity contribution >= 4 is 12.1 Å². The third-order valence-electron chi connectivity index (χ3n) is 4.53. The van der Waals surface area contributed by atoms with Crippen molar-refractivity contribution in [2.24, 2.45) is 5.10 Å². The van der Waals surface area contributed by atoms with Crippen LogP contribution in [0.4, 0.5) is 0 Å². The van der Waals surface area contributed by atoms with Gasteiger partial charge >= 0.3 is 0 Å². The Kier molecular flexibility index (Phi) is 7.65. The van der Waals surface area contributed by atoms with Crippen LogP contribution in [-0.4, -0.2) is 25.8 Å². The fourth-order valence-corrected chi connectivity index (χ4v) is 2.84. The lowest BCUT2D eigenvalue weighted by Gasteiger charge is -2.11. The SMILES string of the molecule is COc1cc(C=NNC(=O)COc2cc(C)ccc2C)ccc1OCc1ccccc1. The fourth-order valence-electron chi connectivity index (χ4n) is 2.84. The third-order valence-corrected chi connectivity index (χ3v) is 4.53. The van der Waals surface area contributed by atoms with E-state index >= 15 is 0 Å². The zero-order valence-corrected chi connectivity index (χ0v) is 17.9. The number of nitrogens with zero attached hydrogens (tertiary/aromatic N) is 1. The van der Waals surface area contributed by atoms with E-state index in [0.717, 1.165) is 22.3 Å². The van der Waals surface area contributed by atoms with E-state index in [-0.39, 0.29) is 12.5 Å². The van der Waals surface area contributed by atoms with E-state index in [9.17, 15) is 4.79 Å². The van der Waals surface area contributed by atoms with Crippen LogP contribution in [0.5, 0.6) is 17.2 Å². The predicted octanol–water partition coefficient (Wildman–Crippen LogP) is 4.42. The molecule has 160 valence electrons. The first-order chi connectivity index (χ1) is 15.0. The molecule has 31 heavy (non-hydrogen) atoms. The number of carbonyl (C=O) groups excluding carboxylic acids is 1. The lowest BCUT2D eigenvalue weighted by molar-refractivity contribution is -0.123. The number of rotatable bonds is 9. The molecule has 0 bridgehead atoms. The topological polar surface area (TPSA) is 69.2 Å². The second-order valence-electron chi connectivity index (χ2n) is 7.04. The fraction of sp³-hybridized carbons (Fsp3) is 0.200. The molecule has 1 amide bonds. The molecule has 1 N–H and O–H groups in total. The summed E-state index contributed by atoms with van der Waals surface area (Å²) in [4.78, 5) is 12.0. The van der Waals surface area contributed by atoms with Crippen LogP contribution < -0.4 is 19.6 Å². The van der Waals surface area contributed by atoms with Gasteiger partial charge < -0.3 is 14.2 Å². The van der Waals surface area contributed by atoms with E-state index < -0.39 is 0 Å². The number of hydrazone groups is 1. The molecule has 0 saturated carbocycles. The summed E-state index contributed by atoms with van der Waals surface area (Å²) in [6, 6.07) is 21.2. The average molecular weight is 418 g/mol. The van der Waals surface area contributed by atoms with Crippen molar-refractivity contribution < 1.29 is 19.0 Å². The van der Waals surface area contributed by atoms with E-state index in [1.807, 2.05) is 74.5 Å². The van der Waals surface area contributed by atoms with Gasteiger partial charge in [0.25, 0.3) is 5.91 Å². The lowest BCUT2D eigenvalue weighted by Crippen LogP contribution is -2.24. The van der Waals surface area contributed by atoms with E-state index in [1.165, 1.54) is 0 Å². The van der Waals surface area contributed by atoms with Gasteiger partial charge in [-0.3, -0.25) is 4.79 Å². The molecule has 0 aliphatic rings. The number of ether oxygens (including phenoxy) is 3.